The maximum Gasteiger partial charge on any atom is 0.459 e. The lowest BCUT2D eigenvalue weighted by Crippen LogP contribution is -2.42. The van der Waals surface area contributed by atoms with Gasteiger partial charge in [0.2, 0.25) is 0 Å². The molecule has 1 amide bonds. The van der Waals surface area contributed by atoms with Crippen molar-refractivity contribution in [1.29, 1.82) is 0 Å². The van der Waals surface area contributed by atoms with Gasteiger partial charge in [-0.25, -0.2) is 18.3 Å². The van der Waals surface area contributed by atoms with Gasteiger partial charge in [0.25, 0.3) is 5.91 Å². The summed E-state index contributed by atoms with van der Waals surface area (Å²) in [6, 6.07) is 9.36. The summed E-state index contributed by atoms with van der Waals surface area (Å²) in [5.74, 6) is -7.25. The van der Waals surface area contributed by atoms with Crippen LogP contribution in [0.5, 0.6) is 0 Å². The van der Waals surface area contributed by atoms with Crippen molar-refractivity contribution in [1.82, 2.24) is 14.6 Å². The first-order valence-corrected chi connectivity index (χ1v) is 11.1. The van der Waals surface area contributed by atoms with E-state index >= 15 is 0 Å². The number of carbonyl (C=O) groups excluding carboxylic acids is 1. The third kappa shape index (κ3) is 4.19. The van der Waals surface area contributed by atoms with Crippen LogP contribution in [0.3, 0.4) is 0 Å². The molecule has 1 aliphatic heterocycles. The molecule has 0 bridgehead atoms. The van der Waals surface area contributed by atoms with Crippen molar-refractivity contribution in [3.63, 3.8) is 0 Å². The fourth-order valence-corrected chi connectivity index (χ4v) is 4.37. The quantitative estimate of drug-likeness (QED) is 0.297. The highest BCUT2D eigenvalue weighted by Crippen LogP contribution is 2.44. The molecule has 1 atom stereocenters. The Labute approximate surface area is 205 Å². The van der Waals surface area contributed by atoms with E-state index < -0.39 is 46.7 Å². The van der Waals surface area contributed by atoms with Crippen LogP contribution in [0.1, 0.15) is 35.1 Å². The molecular weight excluding hydrogens is 505 g/mol. The first-order valence-electron chi connectivity index (χ1n) is 11.1. The number of benzene rings is 2. The zero-order chi connectivity index (χ0) is 26.7. The maximum absolute atomic E-state index is 14.6. The van der Waals surface area contributed by atoms with Crippen LogP contribution in [0.15, 0.2) is 54.6 Å². The van der Waals surface area contributed by atoms with E-state index in [9.17, 15) is 35.5 Å². The monoisotopic (exact) mass is 522 g/mol. The van der Waals surface area contributed by atoms with E-state index in [1.54, 1.807) is 6.92 Å². The molecule has 192 valence electrons. The summed E-state index contributed by atoms with van der Waals surface area (Å²) in [4.78, 5) is 18.9. The van der Waals surface area contributed by atoms with Gasteiger partial charge in [-0.3, -0.25) is 4.79 Å². The third-order valence-electron chi connectivity index (χ3n) is 6.26. The van der Waals surface area contributed by atoms with Crippen molar-refractivity contribution in [3.05, 3.63) is 83.2 Å². The second kappa shape index (κ2) is 8.56. The normalized spacial score (nSPS) is 16.2. The van der Waals surface area contributed by atoms with Crippen LogP contribution >= 0.6 is 0 Å². The van der Waals surface area contributed by atoms with Crippen molar-refractivity contribution in [2.45, 2.75) is 37.9 Å². The highest BCUT2D eigenvalue weighted by molar-refractivity contribution is 6.06. The van der Waals surface area contributed by atoms with Crippen LogP contribution in [-0.4, -0.2) is 32.7 Å². The number of alkyl halides is 5. The Balaban J connectivity index is 1.67. The number of aryl methyl sites for hydroxylation is 1. The Kier molecular flexibility index (Phi) is 5.72. The molecular formula is C25H17F7N4O. The molecule has 2 aromatic heterocycles. The van der Waals surface area contributed by atoms with Crippen molar-refractivity contribution in [2.75, 3.05) is 4.90 Å². The van der Waals surface area contributed by atoms with E-state index in [-0.39, 0.29) is 21.8 Å². The SMILES string of the molecule is C[C@H]1CCc2cc(F)ccc2N1C(=O)c1cc2nc(-c3ccc(F)cc3)cc(C(F)(F)C(F)(F)F)n2n1. The smallest absolute Gasteiger partial charge is 0.304 e. The van der Waals surface area contributed by atoms with E-state index in [1.807, 2.05) is 0 Å². The first-order chi connectivity index (χ1) is 17.4. The molecule has 0 aliphatic carbocycles. The van der Waals surface area contributed by atoms with Gasteiger partial charge in [-0.2, -0.15) is 27.1 Å². The van der Waals surface area contributed by atoms with E-state index in [0.717, 1.165) is 18.2 Å². The van der Waals surface area contributed by atoms with Gasteiger partial charge in [0.1, 0.15) is 17.3 Å². The van der Waals surface area contributed by atoms with Crippen LogP contribution in [0.4, 0.5) is 36.4 Å². The average molecular weight is 522 g/mol. The summed E-state index contributed by atoms with van der Waals surface area (Å²) in [5.41, 5.74) is -1.69. The molecule has 0 N–H and O–H groups in total. The molecule has 4 aromatic rings. The lowest BCUT2D eigenvalue weighted by molar-refractivity contribution is -0.291. The van der Waals surface area contributed by atoms with Gasteiger partial charge >= 0.3 is 12.1 Å². The van der Waals surface area contributed by atoms with Gasteiger partial charge in [0.15, 0.2) is 11.3 Å². The first kappa shape index (κ1) is 24.7. The molecule has 0 fully saturated rings. The van der Waals surface area contributed by atoms with Gasteiger partial charge in [0, 0.05) is 23.4 Å². The number of hydrogen-bond donors (Lipinski definition) is 0. The molecule has 37 heavy (non-hydrogen) atoms. The molecule has 2 aromatic carbocycles. The van der Waals surface area contributed by atoms with E-state index in [2.05, 4.69) is 10.1 Å². The number of amides is 1. The Bertz CT molecular complexity index is 1510. The fraction of sp³-hybridized carbons (Fsp3) is 0.240. The standard InChI is InChI=1S/C25H17F7N4O/c1-13-2-3-15-10-17(27)8-9-20(15)35(13)23(37)19-12-22-33-18(14-4-6-16(26)7-5-14)11-21(36(22)34-19)24(28,29)25(30,31)32/h4-13H,2-3H2,1H3/t13-/m0/s1. The van der Waals surface area contributed by atoms with Crippen molar-refractivity contribution >= 4 is 17.2 Å². The summed E-state index contributed by atoms with van der Waals surface area (Å²) in [5, 5.41) is 3.79. The average Bonchev–Trinajstić information content (AvgIpc) is 3.27. The minimum Gasteiger partial charge on any atom is -0.304 e. The summed E-state index contributed by atoms with van der Waals surface area (Å²) in [6.45, 7) is 1.73. The molecule has 3 heterocycles. The number of hydrogen-bond acceptors (Lipinski definition) is 3. The summed E-state index contributed by atoms with van der Waals surface area (Å²) in [7, 11) is 0. The van der Waals surface area contributed by atoms with E-state index in [1.165, 1.54) is 35.2 Å². The van der Waals surface area contributed by atoms with Crippen molar-refractivity contribution in [3.8, 4) is 11.3 Å². The van der Waals surface area contributed by atoms with Gasteiger partial charge in [0.05, 0.1) is 5.69 Å². The maximum atomic E-state index is 14.6. The number of halogens is 7. The highest BCUT2D eigenvalue weighted by Gasteiger charge is 2.60. The van der Waals surface area contributed by atoms with Crippen LogP contribution in [0, 0.1) is 11.6 Å². The summed E-state index contributed by atoms with van der Waals surface area (Å²) >= 11 is 0. The zero-order valence-corrected chi connectivity index (χ0v) is 19.0. The van der Waals surface area contributed by atoms with Crippen LogP contribution in [0.25, 0.3) is 16.9 Å². The van der Waals surface area contributed by atoms with E-state index in [0.29, 0.717) is 30.2 Å². The van der Waals surface area contributed by atoms with Gasteiger partial charge in [-0.05, 0) is 73.9 Å². The van der Waals surface area contributed by atoms with Gasteiger partial charge in [-0.15, -0.1) is 0 Å². The predicted molar refractivity (Wildman–Crippen MR) is 119 cm³/mol. The Hall–Kier alpha value is -3.96. The summed E-state index contributed by atoms with van der Waals surface area (Å²) < 4.78 is 96.7. The highest BCUT2D eigenvalue weighted by atomic mass is 19.4. The number of nitrogens with zero attached hydrogens (tertiary/aromatic N) is 4. The second-order valence-electron chi connectivity index (χ2n) is 8.74. The van der Waals surface area contributed by atoms with E-state index in [4.69, 9.17) is 0 Å². The molecule has 5 rings (SSSR count). The van der Waals surface area contributed by atoms with Crippen molar-refractivity contribution < 1.29 is 35.5 Å². The number of carbonyl (C=O) groups is 1. The molecule has 12 heteroatoms. The molecule has 0 unspecified atom stereocenters. The van der Waals surface area contributed by atoms with Gasteiger partial charge < -0.3 is 4.90 Å². The molecule has 5 nitrogen and oxygen atoms in total. The number of aromatic nitrogens is 3. The minimum atomic E-state index is -5.97. The van der Waals surface area contributed by atoms with Crippen LogP contribution < -0.4 is 4.90 Å². The van der Waals surface area contributed by atoms with Gasteiger partial charge in [-0.1, -0.05) is 0 Å². The Morgan fingerprint density at radius 1 is 0.946 bits per heavy atom. The number of anilines is 1. The third-order valence-corrected chi connectivity index (χ3v) is 6.26. The summed E-state index contributed by atoms with van der Waals surface area (Å²) in [6.07, 6.45) is -5.00. The predicted octanol–water partition coefficient (Wildman–Crippen LogP) is 6.31. The number of rotatable bonds is 3. The molecule has 1 aliphatic rings. The lowest BCUT2D eigenvalue weighted by atomic mass is 9.96. The molecule has 0 radical (unpaired) electrons. The second-order valence-corrected chi connectivity index (χ2v) is 8.74. The molecule has 0 saturated heterocycles. The topological polar surface area (TPSA) is 50.5 Å². The van der Waals surface area contributed by atoms with Crippen LogP contribution in [-0.2, 0) is 12.3 Å². The largest absolute Gasteiger partial charge is 0.459 e. The molecule has 0 spiro atoms. The Morgan fingerprint density at radius 3 is 2.30 bits per heavy atom. The minimum absolute atomic E-state index is 0.0813. The Morgan fingerprint density at radius 2 is 1.62 bits per heavy atom. The van der Waals surface area contributed by atoms with Crippen LogP contribution in [0.2, 0.25) is 0 Å². The fourth-order valence-electron chi connectivity index (χ4n) is 4.37. The molecule has 0 saturated carbocycles. The zero-order valence-electron chi connectivity index (χ0n) is 19.0. The lowest BCUT2D eigenvalue weighted by Gasteiger charge is -2.34. The van der Waals surface area contributed by atoms with Crippen molar-refractivity contribution in [2.24, 2.45) is 0 Å². The number of fused-ring (bicyclic) bond motifs is 2.